The molecule has 0 aliphatic heterocycles. The lowest BCUT2D eigenvalue weighted by molar-refractivity contribution is 0.500. The predicted molar refractivity (Wildman–Crippen MR) is 61.6 cm³/mol. The minimum atomic E-state index is -0.827. The van der Waals surface area contributed by atoms with Gasteiger partial charge in [0.1, 0.15) is 0 Å². The molecule has 0 fully saturated rings. The molecular weight excluding hydrogens is 224 g/mol. The van der Waals surface area contributed by atoms with E-state index in [2.05, 4.69) is 10.4 Å². The third-order valence-corrected chi connectivity index (χ3v) is 2.74. The molecule has 2 aromatic rings. The number of anilines is 1. The molecule has 0 radical (unpaired) electrons. The highest BCUT2D eigenvalue weighted by molar-refractivity contribution is 5.46. The first-order chi connectivity index (χ1) is 8.09. The van der Waals surface area contributed by atoms with E-state index in [-0.39, 0.29) is 6.54 Å². The van der Waals surface area contributed by atoms with Crippen molar-refractivity contribution in [1.29, 1.82) is 0 Å². The zero-order valence-electron chi connectivity index (χ0n) is 9.67. The smallest absolute Gasteiger partial charge is 0.163 e. The lowest BCUT2D eigenvalue weighted by Gasteiger charge is -2.07. The largest absolute Gasteiger partial charge is 0.378 e. The Morgan fingerprint density at radius 2 is 2.12 bits per heavy atom. The first-order valence-electron chi connectivity index (χ1n) is 5.25. The summed E-state index contributed by atoms with van der Waals surface area (Å²) >= 11 is 0. The highest BCUT2D eigenvalue weighted by Crippen LogP contribution is 2.16. The zero-order chi connectivity index (χ0) is 12.4. The molecule has 1 aromatic carbocycles. The summed E-state index contributed by atoms with van der Waals surface area (Å²) in [7, 11) is 1.82. The summed E-state index contributed by atoms with van der Waals surface area (Å²) in [6, 6.07) is 4.15. The number of hydrogen-bond acceptors (Lipinski definition) is 2. The van der Waals surface area contributed by atoms with Gasteiger partial charge in [-0.15, -0.1) is 0 Å². The van der Waals surface area contributed by atoms with Gasteiger partial charge in [-0.1, -0.05) is 12.1 Å². The molecule has 0 atom stereocenters. The van der Waals surface area contributed by atoms with Crippen LogP contribution >= 0.6 is 0 Å². The van der Waals surface area contributed by atoms with Crippen molar-refractivity contribution < 1.29 is 8.78 Å². The molecule has 17 heavy (non-hydrogen) atoms. The monoisotopic (exact) mass is 237 g/mol. The van der Waals surface area contributed by atoms with Gasteiger partial charge in [-0.25, -0.2) is 8.78 Å². The molecule has 0 bridgehead atoms. The van der Waals surface area contributed by atoms with Crippen molar-refractivity contribution in [3.8, 4) is 0 Å². The third-order valence-electron chi connectivity index (χ3n) is 2.74. The molecule has 3 nitrogen and oxygen atoms in total. The third kappa shape index (κ3) is 2.27. The first kappa shape index (κ1) is 11.6. The minimum absolute atomic E-state index is 0.232. The fraction of sp³-hybridized carbons (Fsp3) is 0.250. The van der Waals surface area contributed by atoms with Crippen LogP contribution in [0, 0.1) is 18.6 Å². The van der Waals surface area contributed by atoms with E-state index in [1.165, 1.54) is 6.07 Å². The number of halogens is 2. The Kier molecular flexibility index (Phi) is 3.08. The standard InChI is InChI=1S/C12H13F2N3/c1-8-11(7-16-17(8)2)15-6-9-4-3-5-10(13)12(9)14/h3-5,7,15H,6H2,1-2H3. The fourth-order valence-electron chi connectivity index (χ4n) is 1.55. The van der Waals surface area contributed by atoms with Gasteiger partial charge < -0.3 is 5.32 Å². The molecule has 0 spiro atoms. The molecule has 5 heteroatoms. The van der Waals surface area contributed by atoms with E-state index in [0.717, 1.165) is 17.4 Å². The van der Waals surface area contributed by atoms with E-state index in [0.29, 0.717) is 5.56 Å². The summed E-state index contributed by atoms with van der Waals surface area (Å²) in [4.78, 5) is 0. The van der Waals surface area contributed by atoms with E-state index in [1.807, 2.05) is 14.0 Å². The maximum Gasteiger partial charge on any atom is 0.163 e. The second-order valence-corrected chi connectivity index (χ2v) is 3.83. The van der Waals surface area contributed by atoms with Crippen LogP contribution in [-0.2, 0) is 13.6 Å². The van der Waals surface area contributed by atoms with Gasteiger partial charge in [0, 0.05) is 19.2 Å². The lowest BCUT2D eigenvalue weighted by atomic mass is 10.2. The SMILES string of the molecule is Cc1c(NCc2cccc(F)c2F)cnn1C. The number of nitrogens with one attached hydrogen (secondary N) is 1. The Labute approximate surface area is 98.1 Å². The quantitative estimate of drug-likeness (QED) is 0.889. The lowest BCUT2D eigenvalue weighted by Crippen LogP contribution is -2.04. The number of aryl methyl sites for hydroxylation is 1. The fourth-order valence-corrected chi connectivity index (χ4v) is 1.55. The summed E-state index contributed by atoms with van der Waals surface area (Å²) in [5.74, 6) is -1.63. The van der Waals surface area contributed by atoms with Crippen molar-refractivity contribution in [2.45, 2.75) is 13.5 Å². The van der Waals surface area contributed by atoms with Crippen molar-refractivity contribution in [1.82, 2.24) is 9.78 Å². The van der Waals surface area contributed by atoms with Gasteiger partial charge in [0.15, 0.2) is 11.6 Å². The Hall–Kier alpha value is -1.91. The number of hydrogen-bond donors (Lipinski definition) is 1. The molecule has 0 saturated carbocycles. The molecule has 0 aliphatic carbocycles. The topological polar surface area (TPSA) is 29.9 Å². The Morgan fingerprint density at radius 3 is 2.76 bits per heavy atom. The second kappa shape index (κ2) is 4.53. The van der Waals surface area contributed by atoms with Crippen LogP contribution in [0.5, 0.6) is 0 Å². The van der Waals surface area contributed by atoms with Crippen LogP contribution in [0.3, 0.4) is 0 Å². The first-order valence-corrected chi connectivity index (χ1v) is 5.25. The summed E-state index contributed by atoms with van der Waals surface area (Å²) in [5, 5.41) is 7.08. The average Bonchev–Trinajstić information content (AvgIpc) is 2.62. The molecule has 1 N–H and O–H groups in total. The van der Waals surface area contributed by atoms with Crippen molar-refractivity contribution in [2.75, 3.05) is 5.32 Å². The van der Waals surface area contributed by atoms with Crippen molar-refractivity contribution in [3.63, 3.8) is 0 Å². The Bertz CT molecular complexity index is 535. The average molecular weight is 237 g/mol. The van der Waals surface area contributed by atoms with E-state index in [1.54, 1.807) is 16.9 Å². The highest BCUT2D eigenvalue weighted by atomic mass is 19.2. The molecule has 0 aliphatic rings. The van der Waals surface area contributed by atoms with E-state index >= 15 is 0 Å². The zero-order valence-corrected chi connectivity index (χ0v) is 9.67. The van der Waals surface area contributed by atoms with Gasteiger partial charge in [0.25, 0.3) is 0 Å². The van der Waals surface area contributed by atoms with Crippen LogP contribution in [0.25, 0.3) is 0 Å². The minimum Gasteiger partial charge on any atom is -0.378 e. The molecule has 0 saturated heterocycles. The number of aromatic nitrogens is 2. The van der Waals surface area contributed by atoms with Gasteiger partial charge in [-0.3, -0.25) is 4.68 Å². The van der Waals surface area contributed by atoms with Crippen LogP contribution in [-0.4, -0.2) is 9.78 Å². The summed E-state index contributed by atoms with van der Waals surface area (Å²) in [6.07, 6.45) is 1.66. The van der Waals surface area contributed by atoms with Crippen molar-refractivity contribution >= 4 is 5.69 Å². The molecule has 2 rings (SSSR count). The Morgan fingerprint density at radius 1 is 1.35 bits per heavy atom. The maximum absolute atomic E-state index is 13.4. The van der Waals surface area contributed by atoms with E-state index < -0.39 is 11.6 Å². The Balaban J connectivity index is 2.13. The predicted octanol–water partition coefficient (Wildman–Crippen LogP) is 2.62. The van der Waals surface area contributed by atoms with Gasteiger partial charge in [-0.05, 0) is 13.0 Å². The van der Waals surface area contributed by atoms with Crippen LogP contribution in [0.15, 0.2) is 24.4 Å². The van der Waals surface area contributed by atoms with Crippen LogP contribution in [0.2, 0.25) is 0 Å². The summed E-state index contributed by atoms with van der Waals surface area (Å²) in [6.45, 7) is 2.13. The molecule has 0 unspecified atom stereocenters. The number of nitrogens with zero attached hydrogens (tertiary/aromatic N) is 2. The number of benzene rings is 1. The van der Waals surface area contributed by atoms with Gasteiger partial charge >= 0.3 is 0 Å². The normalized spacial score (nSPS) is 10.6. The summed E-state index contributed by atoms with van der Waals surface area (Å²) < 4.78 is 28.1. The van der Waals surface area contributed by atoms with Gasteiger partial charge in [0.2, 0.25) is 0 Å². The van der Waals surface area contributed by atoms with Gasteiger partial charge in [-0.2, -0.15) is 5.10 Å². The van der Waals surface area contributed by atoms with Crippen LogP contribution < -0.4 is 5.32 Å². The number of rotatable bonds is 3. The van der Waals surface area contributed by atoms with E-state index in [9.17, 15) is 8.78 Å². The van der Waals surface area contributed by atoms with E-state index in [4.69, 9.17) is 0 Å². The molecule has 1 heterocycles. The second-order valence-electron chi connectivity index (χ2n) is 3.83. The van der Waals surface area contributed by atoms with Crippen molar-refractivity contribution in [2.24, 2.45) is 7.05 Å². The summed E-state index contributed by atoms with van der Waals surface area (Å²) in [5.41, 5.74) is 2.06. The maximum atomic E-state index is 13.4. The van der Waals surface area contributed by atoms with Crippen LogP contribution in [0.4, 0.5) is 14.5 Å². The van der Waals surface area contributed by atoms with Gasteiger partial charge in [0.05, 0.1) is 17.6 Å². The molecular formula is C12H13F2N3. The molecule has 90 valence electrons. The highest BCUT2D eigenvalue weighted by Gasteiger charge is 2.08. The molecule has 0 amide bonds. The van der Waals surface area contributed by atoms with Crippen molar-refractivity contribution in [3.05, 3.63) is 47.3 Å². The van der Waals surface area contributed by atoms with Crippen LogP contribution in [0.1, 0.15) is 11.3 Å². The molecule has 1 aromatic heterocycles.